The lowest BCUT2D eigenvalue weighted by atomic mass is 10.00. The van der Waals surface area contributed by atoms with Crippen molar-refractivity contribution in [3.05, 3.63) is 51.8 Å². The molecular weight excluding hydrogens is 419 g/mol. The van der Waals surface area contributed by atoms with Gasteiger partial charge in [0.2, 0.25) is 0 Å². The summed E-state index contributed by atoms with van der Waals surface area (Å²) in [5.74, 6) is -3.17. The minimum absolute atomic E-state index is 0.209. The van der Waals surface area contributed by atoms with Crippen molar-refractivity contribution in [1.29, 1.82) is 0 Å². The summed E-state index contributed by atoms with van der Waals surface area (Å²) >= 11 is 6.41. The summed E-state index contributed by atoms with van der Waals surface area (Å²) in [6.45, 7) is 8.21. The van der Waals surface area contributed by atoms with Gasteiger partial charge in [-0.15, -0.1) is 0 Å². The summed E-state index contributed by atoms with van der Waals surface area (Å²) in [5, 5.41) is 0.293. The Kier molecular flexibility index (Phi) is 6.36. The van der Waals surface area contributed by atoms with Gasteiger partial charge in [-0.3, -0.25) is 4.90 Å². The highest BCUT2D eigenvalue weighted by Crippen LogP contribution is 2.36. The molecular formula is C21H25ClF3N3O2. The summed E-state index contributed by atoms with van der Waals surface area (Å²) in [6.07, 6.45) is 0.706. The number of hydrogen-bond acceptors (Lipinski definition) is 3. The number of carbonyl (C=O) groups excluding carboxylic acids is 1. The summed E-state index contributed by atoms with van der Waals surface area (Å²) < 4.78 is 48.0. The summed E-state index contributed by atoms with van der Waals surface area (Å²) in [6, 6.07) is 1.44. The molecule has 1 aliphatic rings. The van der Waals surface area contributed by atoms with Gasteiger partial charge >= 0.3 is 6.09 Å². The molecule has 1 aromatic carbocycles. The molecule has 1 atom stereocenters. The highest BCUT2D eigenvalue weighted by molar-refractivity contribution is 6.30. The maximum absolute atomic E-state index is 13.6. The molecule has 0 aliphatic carbocycles. The van der Waals surface area contributed by atoms with Gasteiger partial charge in [0.15, 0.2) is 22.6 Å². The second-order valence-corrected chi connectivity index (χ2v) is 8.67. The van der Waals surface area contributed by atoms with E-state index in [0.717, 1.165) is 18.0 Å². The average Bonchev–Trinajstić information content (AvgIpc) is 2.98. The smallest absolute Gasteiger partial charge is 0.410 e. The second kappa shape index (κ2) is 8.49. The van der Waals surface area contributed by atoms with E-state index in [1.807, 2.05) is 11.5 Å². The van der Waals surface area contributed by atoms with E-state index < -0.39 is 35.2 Å². The Bertz CT molecular complexity index is 933. The third kappa shape index (κ3) is 4.58. The highest BCUT2D eigenvalue weighted by atomic mass is 35.5. The van der Waals surface area contributed by atoms with Crippen LogP contribution in [-0.2, 0) is 24.1 Å². The van der Waals surface area contributed by atoms with Crippen LogP contribution in [0.15, 0.2) is 12.1 Å². The standard InChI is InChI=1S/C21H25ClF3N3O2/c1-5-16-26-19(22)18-15(7-6-12-10-13(23)17(25)14(24)11-12)27(8-9-28(16)18)20(29)30-21(2,3)4/h10-11,15H,5-9H2,1-4H3. The lowest BCUT2D eigenvalue weighted by Gasteiger charge is -2.38. The van der Waals surface area contributed by atoms with Gasteiger partial charge in [-0.1, -0.05) is 18.5 Å². The number of nitrogens with zero attached hydrogens (tertiary/aromatic N) is 3. The lowest BCUT2D eigenvalue weighted by Crippen LogP contribution is -2.45. The quantitative estimate of drug-likeness (QED) is 0.591. The van der Waals surface area contributed by atoms with Crippen LogP contribution >= 0.6 is 11.6 Å². The van der Waals surface area contributed by atoms with Crippen LogP contribution in [0.1, 0.15) is 57.2 Å². The molecule has 1 aliphatic heterocycles. The molecule has 3 rings (SSSR count). The number of aromatic nitrogens is 2. The first kappa shape index (κ1) is 22.5. The maximum atomic E-state index is 13.6. The van der Waals surface area contributed by atoms with Gasteiger partial charge in [0.25, 0.3) is 0 Å². The van der Waals surface area contributed by atoms with Crippen molar-refractivity contribution >= 4 is 17.7 Å². The first-order valence-electron chi connectivity index (χ1n) is 9.89. The minimum Gasteiger partial charge on any atom is -0.444 e. The van der Waals surface area contributed by atoms with E-state index in [2.05, 4.69) is 4.98 Å². The zero-order valence-corrected chi connectivity index (χ0v) is 18.2. The number of ether oxygens (including phenoxy) is 1. The number of halogens is 4. The Labute approximate surface area is 178 Å². The van der Waals surface area contributed by atoms with E-state index in [9.17, 15) is 18.0 Å². The Balaban J connectivity index is 1.93. The molecule has 0 radical (unpaired) electrons. The third-order valence-corrected chi connectivity index (χ3v) is 5.27. The topological polar surface area (TPSA) is 47.4 Å². The fraction of sp³-hybridized carbons (Fsp3) is 0.524. The predicted octanol–water partition coefficient (Wildman–Crippen LogP) is 5.44. The zero-order chi connectivity index (χ0) is 22.2. The molecule has 9 heteroatoms. The predicted molar refractivity (Wildman–Crippen MR) is 107 cm³/mol. The van der Waals surface area contributed by atoms with Gasteiger partial charge in [-0.25, -0.2) is 22.9 Å². The van der Waals surface area contributed by atoms with Gasteiger partial charge in [-0.05, 0) is 51.3 Å². The SMILES string of the molecule is CCc1nc(Cl)c2n1CCN(C(=O)OC(C)(C)C)C2CCc1cc(F)c(F)c(F)c1. The van der Waals surface area contributed by atoms with Gasteiger partial charge in [0.1, 0.15) is 11.4 Å². The number of aryl methyl sites for hydroxylation is 2. The minimum atomic E-state index is -1.50. The van der Waals surface area contributed by atoms with Gasteiger partial charge in [0, 0.05) is 19.5 Å². The highest BCUT2D eigenvalue weighted by Gasteiger charge is 2.37. The number of amides is 1. The Hall–Kier alpha value is -2.22. The van der Waals surface area contributed by atoms with E-state index in [-0.39, 0.29) is 6.42 Å². The van der Waals surface area contributed by atoms with E-state index in [1.165, 1.54) is 0 Å². The molecule has 1 unspecified atom stereocenters. The van der Waals surface area contributed by atoms with Crippen molar-refractivity contribution in [3.63, 3.8) is 0 Å². The summed E-state index contributed by atoms with van der Waals surface area (Å²) in [4.78, 5) is 18.8. The molecule has 1 aromatic heterocycles. The molecule has 164 valence electrons. The molecule has 0 fully saturated rings. The number of imidazole rings is 1. The molecule has 0 spiro atoms. The fourth-order valence-electron chi connectivity index (χ4n) is 3.72. The van der Waals surface area contributed by atoms with Crippen LogP contribution in [0.25, 0.3) is 0 Å². The van der Waals surface area contributed by atoms with Crippen LogP contribution in [0.5, 0.6) is 0 Å². The summed E-state index contributed by atoms with van der Waals surface area (Å²) in [7, 11) is 0. The molecule has 0 N–H and O–H groups in total. The van der Waals surface area contributed by atoms with Crippen molar-refractivity contribution in [2.45, 2.75) is 65.1 Å². The van der Waals surface area contributed by atoms with Crippen molar-refractivity contribution < 1.29 is 22.7 Å². The molecule has 5 nitrogen and oxygen atoms in total. The summed E-state index contributed by atoms with van der Waals surface area (Å²) in [5.41, 5.74) is 0.286. The maximum Gasteiger partial charge on any atom is 0.410 e. The van der Waals surface area contributed by atoms with E-state index in [0.29, 0.717) is 42.3 Å². The molecule has 2 aromatic rings. The zero-order valence-electron chi connectivity index (χ0n) is 17.4. The molecule has 0 saturated carbocycles. The monoisotopic (exact) mass is 443 g/mol. The van der Waals surface area contributed by atoms with Crippen LogP contribution in [0.2, 0.25) is 5.15 Å². The first-order chi connectivity index (χ1) is 14.0. The van der Waals surface area contributed by atoms with E-state index >= 15 is 0 Å². The number of benzene rings is 1. The van der Waals surface area contributed by atoms with Crippen LogP contribution in [0, 0.1) is 17.5 Å². The normalized spacial score (nSPS) is 16.5. The molecule has 1 amide bonds. The molecule has 0 bridgehead atoms. The molecule has 30 heavy (non-hydrogen) atoms. The first-order valence-corrected chi connectivity index (χ1v) is 10.3. The molecule has 0 saturated heterocycles. The van der Waals surface area contributed by atoms with Crippen molar-refractivity contribution in [2.75, 3.05) is 6.54 Å². The number of rotatable bonds is 4. The fourth-order valence-corrected chi connectivity index (χ4v) is 4.04. The largest absolute Gasteiger partial charge is 0.444 e. The van der Waals surface area contributed by atoms with Crippen LogP contribution < -0.4 is 0 Å². The van der Waals surface area contributed by atoms with Crippen molar-refractivity contribution in [3.8, 4) is 0 Å². The van der Waals surface area contributed by atoms with Gasteiger partial charge in [0.05, 0.1) is 11.7 Å². The van der Waals surface area contributed by atoms with Gasteiger partial charge in [-0.2, -0.15) is 0 Å². The lowest BCUT2D eigenvalue weighted by molar-refractivity contribution is 0.00948. The number of hydrogen-bond donors (Lipinski definition) is 0. The second-order valence-electron chi connectivity index (χ2n) is 8.31. The van der Waals surface area contributed by atoms with Crippen molar-refractivity contribution in [2.24, 2.45) is 0 Å². The van der Waals surface area contributed by atoms with Gasteiger partial charge < -0.3 is 9.30 Å². The molecule has 2 heterocycles. The Morgan fingerprint density at radius 2 is 1.87 bits per heavy atom. The third-order valence-electron chi connectivity index (χ3n) is 4.99. The van der Waals surface area contributed by atoms with Crippen LogP contribution in [0.4, 0.5) is 18.0 Å². The average molecular weight is 444 g/mol. The van der Waals surface area contributed by atoms with Crippen molar-refractivity contribution in [1.82, 2.24) is 14.5 Å². The van der Waals surface area contributed by atoms with Crippen LogP contribution in [0.3, 0.4) is 0 Å². The Morgan fingerprint density at radius 3 is 2.43 bits per heavy atom. The number of fused-ring (bicyclic) bond motifs is 1. The Morgan fingerprint density at radius 1 is 1.23 bits per heavy atom. The van der Waals surface area contributed by atoms with Crippen LogP contribution in [-0.4, -0.2) is 32.7 Å². The van der Waals surface area contributed by atoms with E-state index in [4.69, 9.17) is 16.3 Å². The van der Waals surface area contributed by atoms with E-state index in [1.54, 1.807) is 25.7 Å². The number of carbonyl (C=O) groups is 1.